The lowest BCUT2D eigenvalue weighted by Gasteiger charge is -2.06. The molecular formula is C15H21N3O3. The van der Waals surface area contributed by atoms with E-state index < -0.39 is 0 Å². The first-order valence-electron chi connectivity index (χ1n) is 7.10. The fourth-order valence-corrected chi connectivity index (χ4v) is 2.22. The number of nitrogens with zero attached hydrogens (tertiary/aromatic N) is 2. The molecule has 0 saturated carbocycles. The quantitative estimate of drug-likeness (QED) is 0.702. The summed E-state index contributed by atoms with van der Waals surface area (Å²) in [6, 6.07) is 5.86. The molecule has 1 amide bonds. The fourth-order valence-electron chi connectivity index (χ4n) is 2.22. The van der Waals surface area contributed by atoms with Gasteiger partial charge in [0.15, 0.2) is 0 Å². The second-order valence-electron chi connectivity index (χ2n) is 4.76. The van der Waals surface area contributed by atoms with Crippen LogP contribution >= 0.6 is 0 Å². The maximum Gasteiger partial charge on any atom is 0.220 e. The van der Waals surface area contributed by atoms with Gasteiger partial charge < -0.3 is 19.6 Å². The van der Waals surface area contributed by atoms with Crippen LogP contribution in [0, 0.1) is 6.92 Å². The zero-order valence-corrected chi connectivity index (χ0v) is 12.2. The Morgan fingerprint density at radius 2 is 2.29 bits per heavy atom. The van der Waals surface area contributed by atoms with Crippen LogP contribution in [-0.4, -0.2) is 46.8 Å². The van der Waals surface area contributed by atoms with Crippen LogP contribution in [0.4, 0.5) is 0 Å². The van der Waals surface area contributed by atoms with Crippen LogP contribution in [0.1, 0.15) is 17.8 Å². The number of ether oxygens (including phenoxy) is 1. The molecule has 0 aromatic carbocycles. The summed E-state index contributed by atoms with van der Waals surface area (Å²) < 4.78 is 7.10. The molecule has 0 aliphatic carbocycles. The number of pyridine rings is 1. The molecule has 0 saturated heterocycles. The molecule has 2 aromatic heterocycles. The summed E-state index contributed by atoms with van der Waals surface area (Å²) in [6.07, 6.45) is 3.04. The predicted octanol–water partition coefficient (Wildman–Crippen LogP) is 0.700. The second kappa shape index (κ2) is 7.75. The number of aromatic nitrogens is 2. The van der Waals surface area contributed by atoms with Crippen LogP contribution in [0.15, 0.2) is 24.4 Å². The average Bonchev–Trinajstić information content (AvgIpc) is 2.80. The lowest BCUT2D eigenvalue weighted by atomic mass is 10.2. The van der Waals surface area contributed by atoms with Gasteiger partial charge in [0.25, 0.3) is 0 Å². The van der Waals surface area contributed by atoms with Crippen molar-refractivity contribution in [1.29, 1.82) is 0 Å². The molecule has 2 N–H and O–H groups in total. The standard InChI is InChI=1S/C15H21N3O3/c1-12-13(18-8-3-2-4-14(18)17-12)5-6-15(20)16-7-10-21-11-9-19/h2-4,8,19H,5-7,9-11H2,1H3,(H,16,20). The maximum atomic E-state index is 11.8. The molecule has 2 aromatic rings. The van der Waals surface area contributed by atoms with Crippen molar-refractivity contribution < 1.29 is 14.6 Å². The first-order valence-corrected chi connectivity index (χ1v) is 7.10. The summed E-state index contributed by atoms with van der Waals surface area (Å²) >= 11 is 0. The summed E-state index contributed by atoms with van der Waals surface area (Å²) in [5.41, 5.74) is 2.93. The molecule has 0 fully saturated rings. The van der Waals surface area contributed by atoms with Gasteiger partial charge in [0.2, 0.25) is 5.91 Å². The highest BCUT2D eigenvalue weighted by Gasteiger charge is 2.10. The van der Waals surface area contributed by atoms with Crippen molar-refractivity contribution in [3.8, 4) is 0 Å². The van der Waals surface area contributed by atoms with Gasteiger partial charge in [-0.15, -0.1) is 0 Å². The largest absolute Gasteiger partial charge is 0.394 e. The lowest BCUT2D eigenvalue weighted by Crippen LogP contribution is -2.27. The molecular weight excluding hydrogens is 270 g/mol. The molecule has 0 bridgehead atoms. The third-order valence-electron chi connectivity index (χ3n) is 3.22. The van der Waals surface area contributed by atoms with Gasteiger partial charge in [0.05, 0.1) is 25.5 Å². The highest BCUT2D eigenvalue weighted by molar-refractivity contribution is 5.76. The number of fused-ring (bicyclic) bond motifs is 1. The Morgan fingerprint density at radius 1 is 1.43 bits per heavy atom. The summed E-state index contributed by atoms with van der Waals surface area (Å²) in [5, 5.41) is 11.4. The number of rotatable bonds is 8. The number of nitrogens with one attached hydrogen (secondary N) is 1. The van der Waals surface area contributed by atoms with Crippen LogP contribution in [0.25, 0.3) is 5.65 Å². The van der Waals surface area contributed by atoms with Crippen LogP contribution < -0.4 is 5.32 Å². The number of aryl methyl sites for hydroxylation is 2. The van der Waals surface area contributed by atoms with Crippen molar-refractivity contribution in [3.05, 3.63) is 35.8 Å². The van der Waals surface area contributed by atoms with Crippen LogP contribution in [0.5, 0.6) is 0 Å². The monoisotopic (exact) mass is 291 g/mol. The van der Waals surface area contributed by atoms with E-state index in [2.05, 4.69) is 10.3 Å². The minimum Gasteiger partial charge on any atom is -0.394 e. The van der Waals surface area contributed by atoms with Crippen molar-refractivity contribution in [2.45, 2.75) is 19.8 Å². The van der Waals surface area contributed by atoms with E-state index in [0.29, 0.717) is 32.6 Å². The lowest BCUT2D eigenvalue weighted by molar-refractivity contribution is -0.121. The third-order valence-corrected chi connectivity index (χ3v) is 3.22. The number of hydrogen-bond acceptors (Lipinski definition) is 4. The Bertz CT molecular complexity index is 595. The number of imidazole rings is 1. The fraction of sp³-hybridized carbons (Fsp3) is 0.467. The third kappa shape index (κ3) is 4.27. The Kier molecular flexibility index (Phi) is 5.71. The molecule has 0 aliphatic rings. The summed E-state index contributed by atoms with van der Waals surface area (Å²) in [4.78, 5) is 16.2. The van der Waals surface area contributed by atoms with E-state index >= 15 is 0 Å². The minimum absolute atomic E-state index is 0.00150. The highest BCUT2D eigenvalue weighted by atomic mass is 16.5. The summed E-state index contributed by atoms with van der Waals surface area (Å²) in [6.45, 7) is 3.15. The molecule has 6 nitrogen and oxygen atoms in total. The molecule has 21 heavy (non-hydrogen) atoms. The number of amides is 1. The normalized spacial score (nSPS) is 11.0. The topological polar surface area (TPSA) is 75.9 Å². The molecule has 0 atom stereocenters. The number of carbonyl (C=O) groups excluding carboxylic acids is 1. The average molecular weight is 291 g/mol. The van der Waals surface area contributed by atoms with Gasteiger partial charge in [0, 0.05) is 24.9 Å². The van der Waals surface area contributed by atoms with Gasteiger partial charge in [-0.05, 0) is 25.5 Å². The first kappa shape index (κ1) is 15.5. The van der Waals surface area contributed by atoms with Gasteiger partial charge in [-0.3, -0.25) is 4.79 Å². The van der Waals surface area contributed by atoms with Crippen molar-refractivity contribution in [1.82, 2.24) is 14.7 Å². The SMILES string of the molecule is Cc1nc2ccccn2c1CCC(=O)NCCOCCO. The van der Waals surface area contributed by atoms with Crippen LogP contribution in [-0.2, 0) is 16.0 Å². The van der Waals surface area contributed by atoms with Gasteiger partial charge in [-0.1, -0.05) is 6.07 Å². The Hall–Kier alpha value is -1.92. The predicted molar refractivity (Wildman–Crippen MR) is 79.2 cm³/mol. The molecule has 0 aliphatic heterocycles. The Morgan fingerprint density at radius 3 is 3.10 bits per heavy atom. The zero-order valence-electron chi connectivity index (χ0n) is 12.2. The summed E-state index contributed by atoms with van der Waals surface area (Å²) in [7, 11) is 0. The van der Waals surface area contributed by atoms with Crippen LogP contribution in [0.2, 0.25) is 0 Å². The van der Waals surface area contributed by atoms with E-state index in [1.165, 1.54) is 0 Å². The number of hydrogen-bond donors (Lipinski definition) is 2. The van der Waals surface area contributed by atoms with E-state index in [1.807, 2.05) is 35.7 Å². The molecule has 0 unspecified atom stereocenters. The minimum atomic E-state index is -0.00659. The molecule has 2 heterocycles. The highest BCUT2D eigenvalue weighted by Crippen LogP contribution is 2.13. The number of aliphatic hydroxyl groups is 1. The molecule has 114 valence electrons. The molecule has 0 radical (unpaired) electrons. The van der Waals surface area contributed by atoms with E-state index in [-0.39, 0.29) is 12.5 Å². The number of carbonyl (C=O) groups is 1. The molecule has 6 heteroatoms. The zero-order chi connectivity index (χ0) is 15.1. The second-order valence-corrected chi connectivity index (χ2v) is 4.76. The van der Waals surface area contributed by atoms with Crippen LogP contribution in [0.3, 0.4) is 0 Å². The van der Waals surface area contributed by atoms with Crippen molar-refractivity contribution >= 4 is 11.6 Å². The Labute approximate surface area is 123 Å². The number of aliphatic hydroxyl groups excluding tert-OH is 1. The van der Waals surface area contributed by atoms with Gasteiger partial charge in [-0.25, -0.2) is 4.98 Å². The summed E-state index contributed by atoms with van der Waals surface area (Å²) in [5.74, 6) is -0.00659. The smallest absolute Gasteiger partial charge is 0.220 e. The Balaban J connectivity index is 1.81. The maximum absolute atomic E-state index is 11.8. The van der Waals surface area contributed by atoms with Crippen molar-refractivity contribution in [2.75, 3.05) is 26.4 Å². The first-order chi connectivity index (χ1) is 10.2. The van der Waals surface area contributed by atoms with E-state index in [0.717, 1.165) is 17.0 Å². The van der Waals surface area contributed by atoms with Gasteiger partial charge in [-0.2, -0.15) is 0 Å². The van der Waals surface area contributed by atoms with Gasteiger partial charge >= 0.3 is 0 Å². The molecule has 2 rings (SSSR count). The van der Waals surface area contributed by atoms with Gasteiger partial charge in [0.1, 0.15) is 5.65 Å². The van der Waals surface area contributed by atoms with Crippen molar-refractivity contribution in [2.24, 2.45) is 0 Å². The van der Waals surface area contributed by atoms with E-state index in [9.17, 15) is 4.79 Å². The van der Waals surface area contributed by atoms with Crippen molar-refractivity contribution in [3.63, 3.8) is 0 Å². The van der Waals surface area contributed by atoms with E-state index in [1.54, 1.807) is 0 Å². The molecule has 0 spiro atoms. The van der Waals surface area contributed by atoms with E-state index in [4.69, 9.17) is 9.84 Å².